The lowest BCUT2D eigenvalue weighted by Crippen LogP contribution is -2.52. The lowest BCUT2D eigenvalue weighted by Gasteiger charge is -2.26. The number of Topliss-reactive ketones (excluding diaryl/α,β-unsaturated/α-hetero) is 1. The van der Waals surface area contributed by atoms with E-state index in [0.717, 1.165) is 10.9 Å². The summed E-state index contributed by atoms with van der Waals surface area (Å²) in [7, 11) is 0. The maximum atomic E-state index is 13.4. The van der Waals surface area contributed by atoms with Gasteiger partial charge >= 0.3 is 6.09 Å². The summed E-state index contributed by atoms with van der Waals surface area (Å²) in [6.07, 6.45) is 0.595. The summed E-state index contributed by atoms with van der Waals surface area (Å²) in [5, 5.41) is 9.56. The molecular weight excluding hydrogens is 558 g/mol. The van der Waals surface area contributed by atoms with Crippen molar-refractivity contribution in [2.45, 2.75) is 65.3 Å². The first-order valence-corrected chi connectivity index (χ1v) is 15.3. The summed E-state index contributed by atoms with van der Waals surface area (Å²) >= 11 is 0. The second-order valence-corrected chi connectivity index (χ2v) is 12.3. The molecule has 1 saturated heterocycles. The molecule has 2 aromatic carbocycles. The molecule has 3 aromatic rings. The van der Waals surface area contributed by atoms with E-state index < -0.39 is 30.0 Å². The van der Waals surface area contributed by atoms with Crippen LogP contribution in [0.25, 0.3) is 10.9 Å². The fraction of sp³-hybridized carbons (Fsp3) is 0.441. The molecule has 3 atom stereocenters. The number of hydrogen-bond acceptors (Lipinski definition) is 7. The average Bonchev–Trinajstić information content (AvgIpc) is 3.32. The molecule has 1 aliphatic heterocycles. The number of rotatable bonds is 13. The molecule has 3 amide bonds. The number of nitrogens with zero attached hydrogens (tertiary/aromatic N) is 2. The number of nitrogens with one attached hydrogen (secondary N) is 3. The molecule has 1 fully saturated rings. The largest absolute Gasteiger partial charge is 0.445 e. The van der Waals surface area contributed by atoms with Crippen molar-refractivity contribution in [3.8, 4) is 0 Å². The zero-order valence-electron chi connectivity index (χ0n) is 25.9. The number of amides is 3. The standard InChI is InChI=1S/C34H43N5O5/c1-22(2)16-26(35-34(43)44-21-24-10-6-5-7-11-24)18-39-19-30(31(40)20-39)38-33(42)29(17-23(3)4)37-32(41)28-15-14-25-12-8-9-13-27(25)36-28/h5-15,22-23,26,29-30H,16-21H2,1-4H3,(H,35,43)(H,37,41)(H,38,42)/t26-,29-,30?/m0/s1. The van der Waals surface area contributed by atoms with Gasteiger partial charge < -0.3 is 20.7 Å². The van der Waals surface area contributed by atoms with Gasteiger partial charge in [0.1, 0.15) is 24.4 Å². The Bertz CT molecular complexity index is 1440. The molecule has 44 heavy (non-hydrogen) atoms. The van der Waals surface area contributed by atoms with Crippen molar-refractivity contribution in [2.24, 2.45) is 11.8 Å². The van der Waals surface area contributed by atoms with Gasteiger partial charge in [0.2, 0.25) is 5.91 Å². The van der Waals surface area contributed by atoms with Crippen LogP contribution < -0.4 is 16.0 Å². The van der Waals surface area contributed by atoms with Gasteiger partial charge in [-0.25, -0.2) is 9.78 Å². The minimum absolute atomic E-state index is 0.112. The van der Waals surface area contributed by atoms with Gasteiger partial charge in [0.05, 0.1) is 12.1 Å². The van der Waals surface area contributed by atoms with Crippen LogP contribution in [-0.4, -0.2) is 71.3 Å². The Labute approximate surface area is 258 Å². The number of benzene rings is 2. The number of carbonyl (C=O) groups excluding carboxylic acids is 4. The molecule has 2 heterocycles. The average molecular weight is 602 g/mol. The molecule has 1 aliphatic rings. The monoisotopic (exact) mass is 601 g/mol. The number of fused-ring (bicyclic) bond motifs is 1. The molecule has 1 aromatic heterocycles. The van der Waals surface area contributed by atoms with Crippen molar-refractivity contribution in [2.75, 3.05) is 19.6 Å². The molecule has 0 spiro atoms. The number of ketones is 1. The Morgan fingerprint density at radius 2 is 1.61 bits per heavy atom. The predicted octanol–water partition coefficient (Wildman–Crippen LogP) is 4.09. The smallest absolute Gasteiger partial charge is 0.407 e. The van der Waals surface area contributed by atoms with Crippen molar-refractivity contribution in [3.63, 3.8) is 0 Å². The molecule has 0 radical (unpaired) electrons. The third-order valence-electron chi connectivity index (χ3n) is 7.45. The van der Waals surface area contributed by atoms with E-state index in [1.807, 2.05) is 79.4 Å². The zero-order chi connectivity index (χ0) is 31.6. The number of hydrogen-bond donors (Lipinski definition) is 3. The molecule has 10 heteroatoms. The Balaban J connectivity index is 1.33. The maximum absolute atomic E-state index is 13.4. The number of para-hydroxylation sites is 1. The highest BCUT2D eigenvalue weighted by Crippen LogP contribution is 2.15. The molecule has 0 aliphatic carbocycles. The summed E-state index contributed by atoms with van der Waals surface area (Å²) in [5.41, 5.74) is 1.81. The van der Waals surface area contributed by atoms with Gasteiger partial charge in [-0.3, -0.25) is 19.3 Å². The van der Waals surface area contributed by atoms with Crippen LogP contribution in [0.15, 0.2) is 66.7 Å². The van der Waals surface area contributed by atoms with Crippen LogP contribution in [0.3, 0.4) is 0 Å². The number of pyridine rings is 1. The number of likely N-dealkylation sites (tertiary alicyclic amines) is 1. The molecule has 10 nitrogen and oxygen atoms in total. The summed E-state index contributed by atoms with van der Waals surface area (Å²) in [4.78, 5) is 58.4. The number of carbonyl (C=O) groups is 4. The van der Waals surface area contributed by atoms with Gasteiger partial charge in [-0.2, -0.15) is 0 Å². The van der Waals surface area contributed by atoms with E-state index in [2.05, 4.69) is 34.8 Å². The lowest BCUT2D eigenvalue weighted by atomic mass is 10.0. The van der Waals surface area contributed by atoms with Crippen LogP contribution in [0.4, 0.5) is 4.79 Å². The number of ether oxygens (including phenoxy) is 1. The third-order valence-corrected chi connectivity index (χ3v) is 7.45. The van der Waals surface area contributed by atoms with Crippen LogP contribution in [0.2, 0.25) is 0 Å². The first kappa shape index (κ1) is 32.6. The highest BCUT2D eigenvalue weighted by molar-refractivity contribution is 5.99. The predicted molar refractivity (Wildman–Crippen MR) is 169 cm³/mol. The molecule has 1 unspecified atom stereocenters. The van der Waals surface area contributed by atoms with Crippen LogP contribution in [-0.2, 0) is 20.9 Å². The molecule has 0 saturated carbocycles. The van der Waals surface area contributed by atoms with E-state index in [1.165, 1.54) is 0 Å². The summed E-state index contributed by atoms with van der Waals surface area (Å²) in [6.45, 7) is 9.15. The quantitative estimate of drug-likeness (QED) is 0.269. The first-order valence-electron chi connectivity index (χ1n) is 15.3. The number of alkyl carbamates (subject to hydrolysis) is 1. The Hall–Kier alpha value is -4.31. The van der Waals surface area contributed by atoms with E-state index in [4.69, 9.17) is 4.74 Å². The highest BCUT2D eigenvalue weighted by Gasteiger charge is 2.35. The fourth-order valence-electron chi connectivity index (χ4n) is 5.41. The molecule has 0 bridgehead atoms. The molecular formula is C34H43N5O5. The van der Waals surface area contributed by atoms with Gasteiger partial charge in [-0.1, -0.05) is 82.3 Å². The van der Waals surface area contributed by atoms with Crippen molar-refractivity contribution >= 4 is 34.6 Å². The summed E-state index contributed by atoms with van der Waals surface area (Å²) < 4.78 is 5.41. The van der Waals surface area contributed by atoms with Crippen molar-refractivity contribution < 1.29 is 23.9 Å². The van der Waals surface area contributed by atoms with E-state index in [9.17, 15) is 19.2 Å². The fourth-order valence-corrected chi connectivity index (χ4v) is 5.41. The van der Waals surface area contributed by atoms with Gasteiger partial charge in [-0.05, 0) is 42.4 Å². The molecule has 234 valence electrons. The minimum atomic E-state index is -0.827. The second-order valence-electron chi connectivity index (χ2n) is 12.3. The maximum Gasteiger partial charge on any atom is 0.407 e. The van der Waals surface area contributed by atoms with Gasteiger partial charge in [-0.15, -0.1) is 0 Å². The van der Waals surface area contributed by atoms with Crippen molar-refractivity contribution in [3.05, 3.63) is 78.0 Å². The van der Waals surface area contributed by atoms with Crippen molar-refractivity contribution in [1.82, 2.24) is 25.8 Å². The number of aromatic nitrogens is 1. The Kier molecular flexibility index (Phi) is 11.4. The van der Waals surface area contributed by atoms with Crippen LogP contribution in [0.1, 0.15) is 56.6 Å². The van der Waals surface area contributed by atoms with Crippen LogP contribution >= 0.6 is 0 Å². The SMILES string of the molecule is CC(C)C[C@@H](CN1CC(=O)C(NC(=O)[C@H](CC(C)C)NC(=O)c2ccc3ccccc3n2)C1)NC(=O)OCc1ccccc1. The van der Waals surface area contributed by atoms with Crippen LogP contribution in [0, 0.1) is 11.8 Å². The first-order chi connectivity index (χ1) is 21.1. The topological polar surface area (TPSA) is 130 Å². The lowest BCUT2D eigenvalue weighted by molar-refractivity contribution is -0.127. The minimum Gasteiger partial charge on any atom is -0.445 e. The van der Waals surface area contributed by atoms with Crippen molar-refractivity contribution in [1.29, 1.82) is 0 Å². The zero-order valence-corrected chi connectivity index (χ0v) is 25.9. The normalized spacial score (nSPS) is 16.6. The highest BCUT2D eigenvalue weighted by atomic mass is 16.5. The Morgan fingerprint density at radius 3 is 2.34 bits per heavy atom. The van der Waals surface area contributed by atoms with E-state index in [1.54, 1.807) is 6.07 Å². The summed E-state index contributed by atoms with van der Waals surface area (Å²) in [6, 6.07) is 18.7. The Morgan fingerprint density at radius 1 is 0.909 bits per heavy atom. The van der Waals surface area contributed by atoms with E-state index in [-0.39, 0.29) is 36.6 Å². The van der Waals surface area contributed by atoms with Gasteiger partial charge in [0, 0.05) is 24.5 Å². The van der Waals surface area contributed by atoms with E-state index >= 15 is 0 Å². The van der Waals surface area contributed by atoms with Crippen LogP contribution in [0.5, 0.6) is 0 Å². The van der Waals surface area contributed by atoms with E-state index in [0.29, 0.717) is 37.4 Å². The third kappa shape index (κ3) is 9.60. The van der Waals surface area contributed by atoms with Gasteiger partial charge in [0.25, 0.3) is 5.91 Å². The second kappa shape index (κ2) is 15.4. The van der Waals surface area contributed by atoms with Gasteiger partial charge in [0.15, 0.2) is 5.78 Å². The molecule has 3 N–H and O–H groups in total. The summed E-state index contributed by atoms with van der Waals surface area (Å²) in [5.74, 6) is -0.539. The molecule has 4 rings (SSSR count).